The van der Waals surface area contributed by atoms with Gasteiger partial charge in [-0.3, -0.25) is 9.58 Å². The number of aryl methyl sites for hydroxylation is 2. The highest BCUT2D eigenvalue weighted by atomic mass is 32.1. The van der Waals surface area contributed by atoms with Gasteiger partial charge in [0.2, 0.25) is 0 Å². The summed E-state index contributed by atoms with van der Waals surface area (Å²) in [5.74, 6) is 0. The SMILES string of the molecule is COCCN(Cc1nc(-c2ccccc2)cs1)Cc1c(C)nn(C)c1C. The number of hydrogen-bond donors (Lipinski definition) is 0. The van der Waals surface area contributed by atoms with Crippen molar-refractivity contribution in [1.29, 1.82) is 0 Å². The standard InChI is InChI=1S/C20H26N4OS/c1-15-18(16(2)23(3)22-15)12-24(10-11-25-4)13-20-21-19(14-26-20)17-8-6-5-7-9-17/h5-9,14H,10-13H2,1-4H3. The van der Waals surface area contributed by atoms with E-state index in [1.165, 1.54) is 11.3 Å². The van der Waals surface area contributed by atoms with E-state index in [0.29, 0.717) is 6.61 Å². The van der Waals surface area contributed by atoms with Crippen LogP contribution in [0.25, 0.3) is 11.3 Å². The normalized spacial score (nSPS) is 11.4. The topological polar surface area (TPSA) is 43.2 Å². The van der Waals surface area contributed by atoms with E-state index < -0.39 is 0 Å². The van der Waals surface area contributed by atoms with Gasteiger partial charge in [-0.05, 0) is 13.8 Å². The highest BCUT2D eigenvalue weighted by Crippen LogP contribution is 2.23. The number of methoxy groups -OCH3 is 1. The third kappa shape index (κ3) is 4.38. The Labute approximate surface area is 159 Å². The van der Waals surface area contributed by atoms with Crippen LogP contribution in [0.15, 0.2) is 35.7 Å². The number of ether oxygens (including phenoxy) is 1. The number of rotatable bonds is 8. The van der Waals surface area contributed by atoms with Gasteiger partial charge in [0.15, 0.2) is 0 Å². The lowest BCUT2D eigenvalue weighted by molar-refractivity contribution is 0.140. The average molecular weight is 371 g/mol. The Morgan fingerprint density at radius 3 is 2.58 bits per heavy atom. The fourth-order valence-corrected chi connectivity index (χ4v) is 3.87. The van der Waals surface area contributed by atoms with Crippen LogP contribution < -0.4 is 0 Å². The third-order valence-corrected chi connectivity index (χ3v) is 5.47. The molecule has 0 aliphatic heterocycles. The van der Waals surface area contributed by atoms with Crippen LogP contribution in [-0.4, -0.2) is 39.9 Å². The Kier molecular flexibility index (Phi) is 6.19. The molecule has 0 unspecified atom stereocenters. The van der Waals surface area contributed by atoms with Crippen molar-refractivity contribution in [3.05, 3.63) is 57.7 Å². The van der Waals surface area contributed by atoms with Gasteiger partial charge in [-0.15, -0.1) is 11.3 Å². The third-order valence-electron chi connectivity index (χ3n) is 4.63. The van der Waals surface area contributed by atoms with Gasteiger partial charge in [0, 0.05) is 49.4 Å². The lowest BCUT2D eigenvalue weighted by Crippen LogP contribution is -2.27. The summed E-state index contributed by atoms with van der Waals surface area (Å²) in [7, 11) is 3.74. The van der Waals surface area contributed by atoms with Gasteiger partial charge in [-0.25, -0.2) is 4.98 Å². The van der Waals surface area contributed by atoms with Crippen molar-refractivity contribution in [2.45, 2.75) is 26.9 Å². The van der Waals surface area contributed by atoms with Crippen LogP contribution in [0, 0.1) is 13.8 Å². The van der Waals surface area contributed by atoms with Crippen molar-refractivity contribution in [3.63, 3.8) is 0 Å². The molecule has 5 nitrogen and oxygen atoms in total. The van der Waals surface area contributed by atoms with E-state index in [1.54, 1.807) is 18.4 Å². The molecule has 3 aromatic rings. The summed E-state index contributed by atoms with van der Waals surface area (Å²) in [4.78, 5) is 7.22. The molecular weight excluding hydrogens is 344 g/mol. The monoisotopic (exact) mass is 370 g/mol. The van der Waals surface area contributed by atoms with E-state index in [0.717, 1.165) is 41.6 Å². The molecule has 0 aliphatic carbocycles. The highest BCUT2D eigenvalue weighted by Gasteiger charge is 2.16. The molecule has 1 aromatic carbocycles. The molecule has 0 saturated carbocycles. The first kappa shape index (κ1) is 18.8. The van der Waals surface area contributed by atoms with Crippen LogP contribution in [0.1, 0.15) is 22.0 Å². The maximum atomic E-state index is 5.31. The van der Waals surface area contributed by atoms with Crippen LogP contribution in [0.2, 0.25) is 0 Å². The second-order valence-electron chi connectivity index (χ2n) is 6.47. The number of nitrogens with zero attached hydrogens (tertiary/aromatic N) is 4. The minimum atomic E-state index is 0.704. The molecule has 0 aliphatic rings. The Morgan fingerprint density at radius 2 is 1.92 bits per heavy atom. The predicted octanol–water partition coefficient (Wildman–Crippen LogP) is 3.81. The molecule has 0 bridgehead atoms. The number of aromatic nitrogens is 3. The van der Waals surface area contributed by atoms with E-state index in [-0.39, 0.29) is 0 Å². The molecular formula is C20H26N4OS. The summed E-state index contributed by atoms with van der Waals surface area (Å²) in [6.45, 7) is 7.44. The summed E-state index contributed by atoms with van der Waals surface area (Å²) in [6, 6.07) is 10.3. The van der Waals surface area contributed by atoms with Crippen molar-refractivity contribution in [3.8, 4) is 11.3 Å². The minimum Gasteiger partial charge on any atom is -0.383 e. The zero-order chi connectivity index (χ0) is 18.5. The second kappa shape index (κ2) is 8.58. The fourth-order valence-electron chi connectivity index (χ4n) is 3.02. The van der Waals surface area contributed by atoms with Gasteiger partial charge in [0.05, 0.1) is 24.5 Å². The Bertz CT molecular complexity index is 841. The smallest absolute Gasteiger partial charge is 0.107 e. The van der Waals surface area contributed by atoms with Gasteiger partial charge < -0.3 is 4.74 Å². The van der Waals surface area contributed by atoms with Gasteiger partial charge in [0.1, 0.15) is 5.01 Å². The summed E-state index contributed by atoms with van der Waals surface area (Å²) < 4.78 is 7.26. The molecule has 0 radical (unpaired) electrons. The second-order valence-corrected chi connectivity index (χ2v) is 7.41. The zero-order valence-corrected chi connectivity index (χ0v) is 16.7. The molecule has 0 spiro atoms. The molecule has 3 rings (SSSR count). The van der Waals surface area contributed by atoms with Crippen molar-refractivity contribution >= 4 is 11.3 Å². The summed E-state index contributed by atoms with van der Waals surface area (Å²) in [5, 5.41) is 7.80. The fraction of sp³-hybridized carbons (Fsp3) is 0.400. The number of benzene rings is 1. The molecule has 0 atom stereocenters. The first-order valence-corrected chi connectivity index (χ1v) is 9.66. The average Bonchev–Trinajstić information content (AvgIpc) is 3.20. The largest absolute Gasteiger partial charge is 0.383 e. The molecule has 2 heterocycles. The Morgan fingerprint density at radius 1 is 1.15 bits per heavy atom. The minimum absolute atomic E-state index is 0.704. The molecule has 0 saturated heterocycles. The van der Waals surface area contributed by atoms with E-state index in [2.05, 4.69) is 41.4 Å². The van der Waals surface area contributed by atoms with Crippen molar-refractivity contribution in [2.75, 3.05) is 20.3 Å². The Balaban J connectivity index is 1.75. The maximum absolute atomic E-state index is 5.31. The van der Waals surface area contributed by atoms with Crippen LogP contribution in [0.5, 0.6) is 0 Å². The molecule has 138 valence electrons. The van der Waals surface area contributed by atoms with E-state index in [9.17, 15) is 0 Å². The highest BCUT2D eigenvalue weighted by molar-refractivity contribution is 7.09. The summed E-state index contributed by atoms with van der Waals surface area (Å²) in [5.41, 5.74) is 5.82. The van der Waals surface area contributed by atoms with E-state index in [1.807, 2.05) is 29.9 Å². The van der Waals surface area contributed by atoms with E-state index >= 15 is 0 Å². The van der Waals surface area contributed by atoms with Gasteiger partial charge >= 0.3 is 0 Å². The van der Waals surface area contributed by atoms with Crippen LogP contribution in [-0.2, 0) is 24.9 Å². The van der Waals surface area contributed by atoms with Gasteiger partial charge in [-0.2, -0.15) is 5.10 Å². The molecule has 0 amide bonds. The number of hydrogen-bond acceptors (Lipinski definition) is 5. The first-order chi connectivity index (χ1) is 12.6. The molecule has 26 heavy (non-hydrogen) atoms. The zero-order valence-electron chi connectivity index (χ0n) is 15.9. The lowest BCUT2D eigenvalue weighted by atomic mass is 10.2. The predicted molar refractivity (Wildman–Crippen MR) is 106 cm³/mol. The van der Waals surface area contributed by atoms with Crippen LogP contribution in [0.4, 0.5) is 0 Å². The van der Waals surface area contributed by atoms with Crippen molar-refractivity contribution in [1.82, 2.24) is 19.7 Å². The summed E-state index contributed by atoms with van der Waals surface area (Å²) in [6.07, 6.45) is 0. The summed E-state index contributed by atoms with van der Waals surface area (Å²) >= 11 is 1.72. The van der Waals surface area contributed by atoms with Crippen LogP contribution in [0.3, 0.4) is 0 Å². The number of thiazole rings is 1. The maximum Gasteiger partial charge on any atom is 0.107 e. The van der Waals surface area contributed by atoms with Crippen molar-refractivity contribution < 1.29 is 4.74 Å². The molecule has 0 fully saturated rings. The first-order valence-electron chi connectivity index (χ1n) is 8.78. The van der Waals surface area contributed by atoms with Gasteiger partial charge in [-0.1, -0.05) is 30.3 Å². The quantitative estimate of drug-likeness (QED) is 0.605. The Hall–Kier alpha value is -2.02. The van der Waals surface area contributed by atoms with E-state index in [4.69, 9.17) is 9.72 Å². The lowest BCUT2D eigenvalue weighted by Gasteiger charge is -2.21. The molecule has 2 aromatic heterocycles. The van der Waals surface area contributed by atoms with Crippen molar-refractivity contribution in [2.24, 2.45) is 7.05 Å². The van der Waals surface area contributed by atoms with Gasteiger partial charge in [0.25, 0.3) is 0 Å². The molecule has 0 N–H and O–H groups in total. The molecule has 6 heteroatoms. The van der Waals surface area contributed by atoms with Crippen LogP contribution >= 0.6 is 11.3 Å².